The molecule has 0 saturated heterocycles. The summed E-state index contributed by atoms with van der Waals surface area (Å²) in [6.07, 6.45) is 1.47. The number of thiophene rings is 1. The van der Waals surface area contributed by atoms with E-state index >= 15 is 0 Å². The van der Waals surface area contributed by atoms with E-state index in [1.165, 1.54) is 29.4 Å². The van der Waals surface area contributed by atoms with E-state index in [-0.39, 0.29) is 5.97 Å². The van der Waals surface area contributed by atoms with Crippen LogP contribution in [0.1, 0.15) is 27.7 Å². The number of carbonyl (C=O) groups is 1. The summed E-state index contributed by atoms with van der Waals surface area (Å²) >= 11 is 2.55. The van der Waals surface area contributed by atoms with Crippen molar-refractivity contribution in [2.24, 2.45) is 0 Å². The average molecular weight is 412 g/mol. The molecular formula is C19H16N4O3S2. The maximum atomic E-state index is 12.2. The molecule has 0 bridgehead atoms. The van der Waals surface area contributed by atoms with Crippen LogP contribution in [0.3, 0.4) is 0 Å². The fraction of sp³-hybridized carbons (Fsp3) is 0.211. The van der Waals surface area contributed by atoms with E-state index < -0.39 is 0 Å². The molecule has 4 aromatic rings. The van der Waals surface area contributed by atoms with Crippen molar-refractivity contribution in [1.82, 2.24) is 20.2 Å². The summed E-state index contributed by atoms with van der Waals surface area (Å²) in [5, 5.41) is 10.1. The molecule has 28 heavy (non-hydrogen) atoms. The van der Waals surface area contributed by atoms with Crippen LogP contribution in [-0.2, 0) is 4.74 Å². The smallest absolute Gasteiger partial charge is 0.348 e. The van der Waals surface area contributed by atoms with Gasteiger partial charge in [0.15, 0.2) is 0 Å². The van der Waals surface area contributed by atoms with Gasteiger partial charge in [-0.05, 0) is 50.2 Å². The first kappa shape index (κ1) is 18.6. The molecule has 0 amide bonds. The number of ether oxygens (including phenoxy) is 1. The lowest BCUT2D eigenvalue weighted by atomic mass is 10.1. The van der Waals surface area contributed by atoms with Gasteiger partial charge in [0.05, 0.1) is 6.61 Å². The van der Waals surface area contributed by atoms with E-state index in [9.17, 15) is 4.79 Å². The van der Waals surface area contributed by atoms with E-state index in [4.69, 9.17) is 9.15 Å². The highest BCUT2D eigenvalue weighted by atomic mass is 32.2. The van der Waals surface area contributed by atoms with Crippen LogP contribution in [0.2, 0.25) is 0 Å². The monoisotopic (exact) mass is 412 g/mol. The van der Waals surface area contributed by atoms with Gasteiger partial charge < -0.3 is 9.15 Å². The minimum atomic E-state index is -0.349. The second-order valence-corrected chi connectivity index (χ2v) is 7.92. The molecule has 3 aromatic heterocycles. The highest BCUT2D eigenvalue weighted by molar-refractivity contribution is 7.99. The van der Waals surface area contributed by atoms with Crippen LogP contribution in [0, 0.1) is 13.8 Å². The second-order valence-electron chi connectivity index (χ2n) is 5.98. The van der Waals surface area contributed by atoms with Crippen molar-refractivity contribution in [2.75, 3.05) is 6.61 Å². The number of esters is 1. The Kier molecular flexibility index (Phi) is 5.10. The zero-order valence-corrected chi connectivity index (χ0v) is 17.1. The van der Waals surface area contributed by atoms with Gasteiger partial charge in [-0.2, -0.15) is 0 Å². The lowest BCUT2D eigenvalue weighted by Gasteiger charge is -2.01. The van der Waals surface area contributed by atoms with Gasteiger partial charge >= 0.3 is 5.97 Å². The largest absolute Gasteiger partial charge is 0.462 e. The molecule has 142 valence electrons. The molecule has 0 aliphatic carbocycles. The minimum Gasteiger partial charge on any atom is -0.462 e. The van der Waals surface area contributed by atoms with Crippen molar-refractivity contribution >= 4 is 39.3 Å². The summed E-state index contributed by atoms with van der Waals surface area (Å²) < 4.78 is 10.9. The molecule has 9 heteroatoms. The normalized spacial score (nSPS) is 11.1. The number of nitrogens with zero attached hydrogens (tertiary/aromatic N) is 4. The zero-order valence-electron chi connectivity index (χ0n) is 15.4. The van der Waals surface area contributed by atoms with Crippen molar-refractivity contribution in [3.8, 4) is 11.5 Å². The molecule has 0 aliphatic rings. The molecule has 0 unspecified atom stereocenters. The van der Waals surface area contributed by atoms with Crippen molar-refractivity contribution in [3.05, 3.63) is 46.6 Å². The Balaban J connectivity index is 1.67. The molecule has 0 saturated carbocycles. The Morgan fingerprint density at radius 3 is 2.71 bits per heavy atom. The number of hydrogen-bond donors (Lipinski definition) is 0. The summed E-state index contributed by atoms with van der Waals surface area (Å²) in [6.45, 7) is 5.99. The third-order valence-corrected chi connectivity index (χ3v) is 6.06. The molecule has 3 heterocycles. The summed E-state index contributed by atoms with van der Waals surface area (Å²) in [4.78, 5) is 22.1. The maximum absolute atomic E-state index is 12.2. The third-order valence-electron chi connectivity index (χ3n) is 4.04. The number of aromatic nitrogens is 4. The van der Waals surface area contributed by atoms with Crippen molar-refractivity contribution in [3.63, 3.8) is 0 Å². The quantitative estimate of drug-likeness (QED) is 0.344. The number of rotatable bonds is 5. The summed E-state index contributed by atoms with van der Waals surface area (Å²) in [5.74, 6) is 0.0976. The molecule has 0 spiro atoms. The van der Waals surface area contributed by atoms with Crippen LogP contribution in [0.25, 0.3) is 21.7 Å². The van der Waals surface area contributed by atoms with E-state index in [0.29, 0.717) is 27.6 Å². The Bertz CT molecular complexity index is 1150. The summed E-state index contributed by atoms with van der Waals surface area (Å²) in [7, 11) is 0. The Labute approximate surface area is 169 Å². The average Bonchev–Trinajstić information content (AvgIpc) is 3.28. The highest BCUT2D eigenvalue weighted by Gasteiger charge is 2.21. The lowest BCUT2D eigenvalue weighted by Crippen LogP contribution is -2.03. The van der Waals surface area contributed by atoms with Gasteiger partial charge in [-0.3, -0.25) is 0 Å². The van der Waals surface area contributed by atoms with Gasteiger partial charge in [0.1, 0.15) is 21.1 Å². The predicted octanol–water partition coefficient (Wildman–Crippen LogP) is 4.69. The number of benzene rings is 1. The minimum absolute atomic E-state index is 0.323. The van der Waals surface area contributed by atoms with Crippen LogP contribution < -0.4 is 0 Å². The Morgan fingerprint density at radius 1 is 1.18 bits per heavy atom. The zero-order chi connectivity index (χ0) is 19.7. The first-order valence-corrected chi connectivity index (χ1v) is 10.2. The molecule has 0 aliphatic heterocycles. The van der Waals surface area contributed by atoms with Crippen molar-refractivity contribution in [1.29, 1.82) is 0 Å². The van der Waals surface area contributed by atoms with E-state index in [0.717, 1.165) is 26.9 Å². The topological polar surface area (TPSA) is 91.0 Å². The summed E-state index contributed by atoms with van der Waals surface area (Å²) in [5.41, 5.74) is 2.81. The fourth-order valence-electron chi connectivity index (χ4n) is 2.65. The van der Waals surface area contributed by atoms with Crippen LogP contribution in [-0.4, -0.2) is 32.7 Å². The molecule has 4 rings (SSSR count). The van der Waals surface area contributed by atoms with Crippen LogP contribution >= 0.6 is 23.1 Å². The number of hydrogen-bond acceptors (Lipinski definition) is 9. The molecule has 0 radical (unpaired) electrons. The number of carbonyl (C=O) groups excluding carboxylic acids is 1. The van der Waals surface area contributed by atoms with Gasteiger partial charge in [-0.15, -0.1) is 21.5 Å². The van der Waals surface area contributed by atoms with Crippen LogP contribution in [0.4, 0.5) is 0 Å². The van der Waals surface area contributed by atoms with E-state index in [1.54, 1.807) is 6.92 Å². The van der Waals surface area contributed by atoms with Gasteiger partial charge in [0, 0.05) is 10.9 Å². The maximum Gasteiger partial charge on any atom is 0.348 e. The predicted molar refractivity (Wildman–Crippen MR) is 107 cm³/mol. The van der Waals surface area contributed by atoms with Gasteiger partial charge in [-0.1, -0.05) is 17.7 Å². The second kappa shape index (κ2) is 7.69. The third kappa shape index (κ3) is 3.50. The molecule has 0 fully saturated rings. The van der Waals surface area contributed by atoms with E-state index in [1.807, 2.05) is 38.1 Å². The van der Waals surface area contributed by atoms with Crippen molar-refractivity contribution < 1.29 is 13.9 Å². The Morgan fingerprint density at radius 2 is 1.96 bits per heavy atom. The van der Waals surface area contributed by atoms with Gasteiger partial charge in [0.25, 0.3) is 5.22 Å². The van der Waals surface area contributed by atoms with E-state index in [2.05, 4.69) is 20.2 Å². The molecule has 7 nitrogen and oxygen atoms in total. The van der Waals surface area contributed by atoms with Crippen LogP contribution in [0.5, 0.6) is 0 Å². The van der Waals surface area contributed by atoms with Gasteiger partial charge in [0.2, 0.25) is 5.89 Å². The molecule has 0 atom stereocenters. The standard InChI is InChI=1S/C19H16N4O3S2/c1-4-25-18(24)14-11(3)13-16(27-14)20-9-21-17(13)28-19-23-22-15(26-19)12-7-5-10(2)6-8-12/h5-9H,4H2,1-3H3. The SMILES string of the molecule is CCOC(=O)c1sc2ncnc(Sc3nnc(-c4ccc(C)cc4)o3)c2c1C. The lowest BCUT2D eigenvalue weighted by molar-refractivity contribution is 0.0531. The molecule has 1 aromatic carbocycles. The number of aryl methyl sites for hydroxylation is 2. The first-order valence-electron chi connectivity index (χ1n) is 8.56. The fourth-order valence-corrected chi connectivity index (χ4v) is 4.58. The van der Waals surface area contributed by atoms with Crippen molar-refractivity contribution in [2.45, 2.75) is 31.0 Å². The Hall–Kier alpha value is -2.78. The first-order chi connectivity index (χ1) is 13.6. The number of fused-ring (bicyclic) bond motifs is 1. The highest BCUT2D eigenvalue weighted by Crippen LogP contribution is 2.38. The van der Waals surface area contributed by atoms with Crippen LogP contribution in [0.15, 0.2) is 45.3 Å². The van der Waals surface area contributed by atoms with Gasteiger partial charge in [-0.25, -0.2) is 14.8 Å². The summed E-state index contributed by atoms with van der Waals surface area (Å²) in [6, 6.07) is 7.86. The molecular weight excluding hydrogens is 396 g/mol. The molecule has 0 N–H and O–H groups in total.